The normalized spacial score (nSPS) is 11.3. The second-order valence-corrected chi connectivity index (χ2v) is 7.26. The third kappa shape index (κ3) is 3.29. The van der Waals surface area contributed by atoms with Gasteiger partial charge < -0.3 is 21.0 Å². The molecule has 144 valence electrons. The van der Waals surface area contributed by atoms with Crippen molar-refractivity contribution in [3.63, 3.8) is 0 Å². The average Bonchev–Trinajstić information content (AvgIpc) is 3.38. The summed E-state index contributed by atoms with van der Waals surface area (Å²) < 4.78 is 0. The number of nitrogens with two attached hydrogens (primary N) is 1. The Hall–Kier alpha value is -3.80. The van der Waals surface area contributed by atoms with Gasteiger partial charge in [-0.15, -0.1) is 0 Å². The molecule has 5 aromatic rings. The van der Waals surface area contributed by atoms with Gasteiger partial charge in [-0.05, 0) is 58.3 Å². The molecule has 0 amide bonds. The van der Waals surface area contributed by atoms with Crippen LogP contribution in [0.1, 0.15) is 22.4 Å². The van der Waals surface area contributed by atoms with Crippen LogP contribution in [-0.2, 0) is 12.8 Å². The highest BCUT2D eigenvalue weighted by molar-refractivity contribution is 5.81. The molecule has 29 heavy (non-hydrogen) atoms. The molecule has 0 radical (unpaired) electrons. The SMILES string of the molecule is CNc1nc(N)c(Cc2ccc3[nH]ccc3c2)c(Cc2ccc3[nH]ccc3c2)n1. The van der Waals surface area contributed by atoms with Crippen molar-refractivity contribution in [2.45, 2.75) is 12.8 Å². The molecular weight excluding hydrogens is 360 g/mol. The summed E-state index contributed by atoms with van der Waals surface area (Å²) in [5, 5.41) is 5.40. The van der Waals surface area contributed by atoms with Crippen molar-refractivity contribution in [3.05, 3.63) is 83.3 Å². The number of nitrogens with zero attached hydrogens (tertiary/aromatic N) is 2. The monoisotopic (exact) mass is 382 g/mol. The Morgan fingerprint density at radius 2 is 1.45 bits per heavy atom. The summed E-state index contributed by atoms with van der Waals surface area (Å²) in [6.07, 6.45) is 5.30. The molecule has 0 aliphatic heterocycles. The highest BCUT2D eigenvalue weighted by Crippen LogP contribution is 2.25. The molecular formula is C23H22N6. The van der Waals surface area contributed by atoms with Crippen LogP contribution in [0.25, 0.3) is 21.8 Å². The Balaban J connectivity index is 1.54. The quantitative estimate of drug-likeness (QED) is 0.365. The predicted octanol–water partition coefficient (Wildman–Crippen LogP) is 4.24. The second-order valence-electron chi connectivity index (χ2n) is 7.26. The van der Waals surface area contributed by atoms with Crippen LogP contribution in [0.3, 0.4) is 0 Å². The maximum atomic E-state index is 6.36. The molecule has 5 N–H and O–H groups in total. The Kier molecular flexibility index (Phi) is 4.17. The second kappa shape index (κ2) is 6.98. The van der Waals surface area contributed by atoms with Gasteiger partial charge >= 0.3 is 0 Å². The molecule has 0 unspecified atom stereocenters. The number of aromatic amines is 2. The Morgan fingerprint density at radius 1 is 0.828 bits per heavy atom. The first kappa shape index (κ1) is 17.3. The number of fused-ring (bicyclic) bond motifs is 2. The zero-order valence-electron chi connectivity index (χ0n) is 16.2. The number of aromatic nitrogens is 4. The van der Waals surface area contributed by atoms with E-state index in [9.17, 15) is 0 Å². The summed E-state index contributed by atoms with van der Waals surface area (Å²) in [7, 11) is 1.81. The minimum Gasteiger partial charge on any atom is -0.383 e. The van der Waals surface area contributed by atoms with Crippen molar-refractivity contribution in [1.29, 1.82) is 0 Å². The molecule has 0 saturated heterocycles. The van der Waals surface area contributed by atoms with E-state index in [1.807, 2.05) is 19.4 Å². The minimum atomic E-state index is 0.524. The lowest BCUT2D eigenvalue weighted by atomic mass is 9.98. The minimum absolute atomic E-state index is 0.524. The number of nitrogen functional groups attached to an aromatic ring is 1. The summed E-state index contributed by atoms with van der Waals surface area (Å²) in [6, 6.07) is 17.0. The first-order valence-electron chi connectivity index (χ1n) is 9.64. The van der Waals surface area contributed by atoms with Crippen molar-refractivity contribution < 1.29 is 0 Å². The number of anilines is 2. The zero-order chi connectivity index (χ0) is 19.8. The van der Waals surface area contributed by atoms with Gasteiger partial charge in [-0.1, -0.05) is 12.1 Å². The summed E-state index contributed by atoms with van der Waals surface area (Å²) in [5.41, 5.74) is 12.9. The molecule has 0 fully saturated rings. The average molecular weight is 382 g/mol. The van der Waals surface area contributed by atoms with Crippen LogP contribution in [0, 0.1) is 0 Å². The van der Waals surface area contributed by atoms with Crippen LogP contribution in [-0.4, -0.2) is 27.0 Å². The van der Waals surface area contributed by atoms with Gasteiger partial charge in [0, 0.05) is 48.9 Å². The maximum Gasteiger partial charge on any atom is 0.224 e. The fourth-order valence-electron chi connectivity index (χ4n) is 3.82. The lowest BCUT2D eigenvalue weighted by molar-refractivity contribution is 0.974. The van der Waals surface area contributed by atoms with Gasteiger partial charge in [0.1, 0.15) is 5.82 Å². The van der Waals surface area contributed by atoms with E-state index in [-0.39, 0.29) is 0 Å². The Bertz CT molecular complexity index is 1310. The number of rotatable bonds is 5. The first-order chi connectivity index (χ1) is 14.2. The predicted molar refractivity (Wildman–Crippen MR) is 118 cm³/mol. The highest BCUT2D eigenvalue weighted by atomic mass is 15.1. The van der Waals surface area contributed by atoms with Gasteiger partial charge in [0.25, 0.3) is 0 Å². The van der Waals surface area contributed by atoms with E-state index in [0.29, 0.717) is 24.6 Å². The van der Waals surface area contributed by atoms with Gasteiger partial charge in [-0.2, -0.15) is 4.98 Å². The number of nitrogens with one attached hydrogen (secondary N) is 3. The summed E-state index contributed by atoms with van der Waals surface area (Å²) >= 11 is 0. The van der Waals surface area contributed by atoms with Crippen LogP contribution in [0.4, 0.5) is 11.8 Å². The van der Waals surface area contributed by atoms with Crippen LogP contribution in [0.15, 0.2) is 60.9 Å². The van der Waals surface area contributed by atoms with E-state index in [4.69, 9.17) is 10.7 Å². The van der Waals surface area contributed by atoms with Gasteiger partial charge in [0.15, 0.2) is 0 Å². The summed E-state index contributed by atoms with van der Waals surface area (Å²) in [6.45, 7) is 0. The number of hydrogen-bond acceptors (Lipinski definition) is 4. The van der Waals surface area contributed by atoms with Crippen molar-refractivity contribution in [2.75, 3.05) is 18.1 Å². The van der Waals surface area contributed by atoms with Crippen LogP contribution in [0.5, 0.6) is 0 Å². The third-order valence-electron chi connectivity index (χ3n) is 5.34. The van der Waals surface area contributed by atoms with Gasteiger partial charge in [0.05, 0.1) is 5.69 Å². The fourth-order valence-corrected chi connectivity index (χ4v) is 3.82. The molecule has 3 heterocycles. The third-order valence-corrected chi connectivity index (χ3v) is 5.34. The number of hydrogen-bond donors (Lipinski definition) is 4. The molecule has 0 saturated carbocycles. The lowest BCUT2D eigenvalue weighted by Gasteiger charge is -2.14. The highest BCUT2D eigenvalue weighted by Gasteiger charge is 2.14. The summed E-state index contributed by atoms with van der Waals surface area (Å²) in [4.78, 5) is 15.6. The zero-order valence-corrected chi connectivity index (χ0v) is 16.2. The molecule has 5 rings (SSSR count). The lowest BCUT2D eigenvalue weighted by Crippen LogP contribution is -2.10. The van der Waals surface area contributed by atoms with Crippen LogP contribution in [0.2, 0.25) is 0 Å². The topological polar surface area (TPSA) is 95.4 Å². The van der Waals surface area contributed by atoms with Gasteiger partial charge in [0.2, 0.25) is 5.95 Å². The molecule has 0 spiro atoms. The van der Waals surface area contributed by atoms with Crippen molar-refractivity contribution in [3.8, 4) is 0 Å². The van der Waals surface area contributed by atoms with Crippen LogP contribution < -0.4 is 11.1 Å². The number of H-pyrrole nitrogens is 2. The standard InChI is InChI=1S/C23H22N6/c1-25-23-28-21(13-15-3-5-20-17(11-15)7-9-27-20)18(22(24)29-23)12-14-2-4-19-16(10-14)6-8-26-19/h2-11,26-27H,12-13H2,1H3,(H3,24,25,28,29). The fraction of sp³-hybridized carbons (Fsp3) is 0.130. The van der Waals surface area contributed by atoms with E-state index in [2.05, 4.69) is 68.8 Å². The Morgan fingerprint density at radius 3 is 2.07 bits per heavy atom. The van der Waals surface area contributed by atoms with E-state index in [1.54, 1.807) is 0 Å². The van der Waals surface area contributed by atoms with E-state index in [1.165, 1.54) is 21.9 Å². The maximum absolute atomic E-state index is 6.36. The molecule has 0 aliphatic carbocycles. The molecule has 2 aromatic carbocycles. The molecule has 6 heteroatoms. The number of benzene rings is 2. The van der Waals surface area contributed by atoms with Crippen LogP contribution >= 0.6 is 0 Å². The van der Waals surface area contributed by atoms with E-state index < -0.39 is 0 Å². The van der Waals surface area contributed by atoms with E-state index in [0.717, 1.165) is 22.3 Å². The molecule has 0 bridgehead atoms. The van der Waals surface area contributed by atoms with E-state index >= 15 is 0 Å². The summed E-state index contributed by atoms with van der Waals surface area (Å²) in [5.74, 6) is 1.07. The largest absolute Gasteiger partial charge is 0.383 e. The molecule has 6 nitrogen and oxygen atoms in total. The van der Waals surface area contributed by atoms with Gasteiger partial charge in [-0.25, -0.2) is 4.98 Å². The van der Waals surface area contributed by atoms with Crippen molar-refractivity contribution in [2.24, 2.45) is 0 Å². The first-order valence-corrected chi connectivity index (χ1v) is 9.64. The van der Waals surface area contributed by atoms with Crippen molar-refractivity contribution >= 4 is 33.6 Å². The smallest absolute Gasteiger partial charge is 0.224 e. The Labute approximate surface area is 168 Å². The molecule has 0 atom stereocenters. The van der Waals surface area contributed by atoms with Crippen molar-refractivity contribution in [1.82, 2.24) is 19.9 Å². The molecule has 0 aliphatic rings. The molecule has 3 aromatic heterocycles. The van der Waals surface area contributed by atoms with Gasteiger partial charge in [-0.3, -0.25) is 0 Å².